The Morgan fingerprint density at radius 1 is 0.964 bits per heavy atom. The quantitative estimate of drug-likeness (QED) is 0.664. The predicted molar refractivity (Wildman–Crippen MR) is 109 cm³/mol. The first-order valence-corrected chi connectivity index (χ1v) is 8.98. The summed E-state index contributed by atoms with van der Waals surface area (Å²) in [6.45, 7) is 3.20. The van der Waals surface area contributed by atoms with Gasteiger partial charge in [0.2, 0.25) is 11.8 Å². The van der Waals surface area contributed by atoms with Gasteiger partial charge in [-0.15, -0.1) is 0 Å². The number of carbonyl (C=O) groups excluding carboxylic acids is 3. The number of Topliss-reactive ketones (excluding diaryl/α,β-unsaturated/α-hetero) is 1. The monoisotopic (exact) mass is 375 g/mol. The Labute approximate surface area is 163 Å². The van der Waals surface area contributed by atoms with Crippen molar-refractivity contribution in [2.45, 2.75) is 20.3 Å². The number of amides is 2. The molecule has 1 aromatic heterocycles. The lowest BCUT2D eigenvalue weighted by Gasteiger charge is -2.22. The molecular weight excluding hydrogens is 354 g/mol. The summed E-state index contributed by atoms with van der Waals surface area (Å²) in [6, 6.07) is 16.1. The number of benzene rings is 2. The lowest BCUT2D eigenvalue weighted by atomic mass is 10.1. The molecule has 6 heteroatoms. The molecule has 142 valence electrons. The van der Waals surface area contributed by atoms with Crippen LogP contribution in [0.2, 0.25) is 0 Å². The van der Waals surface area contributed by atoms with Crippen molar-refractivity contribution in [3.63, 3.8) is 0 Å². The van der Waals surface area contributed by atoms with Gasteiger partial charge in [0.25, 0.3) is 0 Å². The van der Waals surface area contributed by atoms with Crippen LogP contribution in [0.15, 0.2) is 60.8 Å². The van der Waals surface area contributed by atoms with Gasteiger partial charge in [0, 0.05) is 42.7 Å². The van der Waals surface area contributed by atoms with Gasteiger partial charge in [0.1, 0.15) is 0 Å². The van der Waals surface area contributed by atoms with E-state index in [-0.39, 0.29) is 30.6 Å². The SMILES string of the molecule is CC(=O)c1ccc(NC(=O)CCN(C(C)=O)c2cccc3cccnc23)cc1. The second-order valence-electron chi connectivity index (χ2n) is 6.45. The lowest BCUT2D eigenvalue weighted by molar-refractivity contribution is -0.117. The summed E-state index contributed by atoms with van der Waals surface area (Å²) in [5.41, 5.74) is 2.60. The van der Waals surface area contributed by atoms with Crippen LogP contribution in [0.1, 0.15) is 30.6 Å². The lowest BCUT2D eigenvalue weighted by Crippen LogP contribution is -2.32. The second kappa shape index (κ2) is 8.43. The molecule has 2 aromatic carbocycles. The normalized spacial score (nSPS) is 10.5. The second-order valence-corrected chi connectivity index (χ2v) is 6.45. The zero-order chi connectivity index (χ0) is 20.1. The van der Waals surface area contributed by atoms with E-state index < -0.39 is 0 Å². The number of aromatic nitrogens is 1. The minimum absolute atomic E-state index is 0.0290. The van der Waals surface area contributed by atoms with Crippen molar-refractivity contribution in [3.05, 3.63) is 66.4 Å². The molecule has 6 nitrogen and oxygen atoms in total. The van der Waals surface area contributed by atoms with Crippen LogP contribution in [0.5, 0.6) is 0 Å². The Hall–Kier alpha value is -3.54. The van der Waals surface area contributed by atoms with Crippen LogP contribution >= 0.6 is 0 Å². The number of pyridine rings is 1. The van der Waals surface area contributed by atoms with Crippen molar-refractivity contribution in [2.75, 3.05) is 16.8 Å². The highest BCUT2D eigenvalue weighted by atomic mass is 16.2. The van der Waals surface area contributed by atoms with E-state index >= 15 is 0 Å². The number of anilines is 2. The van der Waals surface area contributed by atoms with Gasteiger partial charge in [-0.25, -0.2) is 0 Å². The highest BCUT2D eigenvalue weighted by molar-refractivity contribution is 6.02. The van der Waals surface area contributed by atoms with Crippen molar-refractivity contribution < 1.29 is 14.4 Å². The van der Waals surface area contributed by atoms with Crippen molar-refractivity contribution in [2.24, 2.45) is 0 Å². The van der Waals surface area contributed by atoms with Gasteiger partial charge in [-0.2, -0.15) is 0 Å². The first-order chi connectivity index (χ1) is 13.5. The van der Waals surface area contributed by atoms with E-state index in [1.807, 2.05) is 30.3 Å². The third-order valence-corrected chi connectivity index (χ3v) is 4.42. The summed E-state index contributed by atoms with van der Waals surface area (Å²) in [5.74, 6) is -0.398. The molecule has 28 heavy (non-hydrogen) atoms. The van der Waals surface area contributed by atoms with E-state index in [1.54, 1.807) is 35.4 Å². The maximum Gasteiger partial charge on any atom is 0.226 e. The minimum atomic E-state index is -0.213. The third-order valence-electron chi connectivity index (χ3n) is 4.42. The van der Waals surface area contributed by atoms with Crippen molar-refractivity contribution >= 4 is 39.9 Å². The van der Waals surface area contributed by atoms with E-state index in [0.717, 1.165) is 10.9 Å². The number of nitrogens with zero attached hydrogens (tertiary/aromatic N) is 2. The maximum atomic E-state index is 12.3. The number of hydrogen-bond donors (Lipinski definition) is 1. The molecular formula is C22H21N3O3. The van der Waals surface area contributed by atoms with Crippen LogP contribution in [0.3, 0.4) is 0 Å². The number of rotatable bonds is 6. The van der Waals surface area contributed by atoms with Crippen LogP contribution in [0.25, 0.3) is 10.9 Å². The fraction of sp³-hybridized carbons (Fsp3) is 0.182. The molecule has 0 atom stereocenters. The Morgan fingerprint density at radius 2 is 1.68 bits per heavy atom. The fourth-order valence-electron chi connectivity index (χ4n) is 2.98. The van der Waals surface area contributed by atoms with Crippen LogP contribution in [0, 0.1) is 0 Å². The standard InChI is InChI=1S/C22H21N3O3/c1-15(26)17-8-10-19(11-9-17)24-21(28)12-14-25(16(2)27)20-7-3-5-18-6-4-13-23-22(18)20/h3-11,13H,12,14H2,1-2H3,(H,24,28). The van der Waals surface area contributed by atoms with Crippen LogP contribution < -0.4 is 10.2 Å². The summed E-state index contributed by atoms with van der Waals surface area (Å²) >= 11 is 0. The molecule has 1 heterocycles. The number of carbonyl (C=O) groups is 3. The molecule has 3 rings (SSSR count). The van der Waals surface area contributed by atoms with Crippen LogP contribution in [-0.4, -0.2) is 29.1 Å². The zero-order valence-corrected chi connectivity index (χ0v) is 15.8. The average molecular weight is 375 g/mol. The van der Waals surface area contributed by atoms with Gasteiger partial charge in [-0.1, -0.05) is 18.2 Å². The molecule has 1 N–H and O–H groups in total. The van der Waals surface area contributed by atoms with Gasteiger partial charge in [-0.05, 0) is 43.3 Å². The number of fused-ring (bicyclic) bond motifs is 1. The Bertz CT molecular complexity index is 1020. The Balaban J connectivity index is 1.70. The summed E-state index contributed by atoms with van der Waals surface area (Å²) in [5, 5.41) is 3.72. The summed E-state index contributed by atoms with van der Waals surface area (Å²) < 4.78 is 0. The highest BCUT2D eigenvalue weighted by Gasteiger charge is 2.16. The summed E-state index contributed by atoms with van der Waals surface area (Å²) in [7, 11) is 0. The fourth-order valence-corrected chi connectivity index (χ4v) is 2.98. The molecule has 2 amide bonds. The van der Waals surface area contributed by atoms with E-state index in [0.29, 0.717) is 16.9 Å². The molecule has 0 aliphatic rings. The van der Waals surface area contributed by atoms with Crippen molar-refractivity contribution in [1.29, 1.82) is 0 Å². The molecule has 0 radical (unpaired) electrons. The molecule has 0 aliphatic heterocycles. The van der Waals surface area contributed by atoms with Crippen molar-refractivity contribution in [3.8, 4) is 0 Å². The molecule has 0 saturated carbocycles. The molecule has 0 aliphatic carbocycles. The largest absolute Gasteiger partial charge is 0.326 e. The topological polar surface area (TPSA) is 79.4 Å². The highest BCUT2D eigenvalue weighted by Crippen LogP contribution is 2.25. The first kappa shape index (κ1) is 19.2. The van der Waals surface area contributed by atoms with E-state index in [9.17, 15) is 14.4 Å². The average Bonchev–Trinajstić information content (AvgIpc) is 2.68. The van der Waals surface area contributed by atoms with Gasteiger partial charge >= 0.3 is 0 Å². The molecule has 0 saturated heterocycles. The minimum Gasteiger partial charge on any atom is -0.326 e. The first-order valence-electron chi connectivity index (χ1n) is 8.98. The Kier molecular flexibility index (Phi) is 5.79. The molecule has 0 bridgehead atoms. The van der Waals surface area contributed by atoms with Gasteiger partial charge in [0.15, 0.2) is 5.78 Å². The molecule has 0 fully saturated rings. The molecule has 0 spiro atoms. The number of nitrogens with one attached hydrogen (secondary N) is 1. The molecule has 3 aromatic rings. The smallest absolute Gasteiger partial charge is 0.226 e. The predicted octanol–water partition coefficient (Wildman–Crippen LogP) is 3.82. The zero-order valence-electron chi connectivity index (χ0n) is 15.8. The van der Waals surface area contributed by atoms with E-state index in [2.05, 4.69) is 10.3 Å². The summed E-state index contributed by atoms with van der Waals surface area (Å²) in [6.07, 6.45) is 1.82. The van der Waals surface area contributed by atoms with Crippen LogP contribution in [0.4, 0.5) is 11.4 Å². The number of para-hydroxylation sites is 1. The maximum absolute atomic E-state index is 12.3. The number of hydrogen-bond acceptors (Lipinski definition) is 4. The van der Waals surface area contributed by atoms with E-state index in [4.69, 9.17) is 0 Å². The van der Waals surface area contributed by atoms with E-state index in [1.165, 1.54) is 13.8 Å². The van der Waals surface area contributed by atoms with Gasteiger partial charge in [0.05, 0.1) is 11.2 Å². The summed E-state index contributed by atoms with van der Waals surface area (Å²) in [4.78, 5) is 41.8. The number of ketones is 1. The Morgan fingerprint density at radius 3 is 2.36 bits per heavy atom. The third kappa shape index (κ3) is 4.40. The molecule has 0 unspecified atom stereocenters. The van der Waals surface area contributed by atoms with Crippen LogP contribution in [-0.2, 0) is 9.59 Å². The van der Waals surface area contributed by atoms with Crippen molar-refractivity contribution in [1.82, 2.24) is 4.98 Å². The van der Waals surface area contributed by atoms with Gasteiger partial charge < -0.3 is 10.2 Å². The van der Waals surface area contributed by atoms with Gasteiger partial charge in [-0.3, -0.25) is 19.4 Å².